The standard InChI is InChI=1S/C21H27N5O2S/c1-3-13-5-7-14(8-6-13)17(25-11-9-15(10-12-25)19(22)27)18-20(28)26-21(29-18)23-16(4-2)24-26/h5-8,15,17,28H,3-4,9-12H2,1-2H3,(H2,22,27)/p+1/t17-/m0/s1. The van der Waals surface area contributed by atoms with Crippen LogP contribution >= 0.6 is 11.3 Å². The number of carbonyl (C=O) groups excluding carboxylic acids is 1. The molecule has 1 aromatic carbocycles. The second-order valence-electron chi connectivity index (χ2n) is 7.73. The number of piperidine rings is 1. The topological polar surface area (TPSA) is 97.9 Å². The molecule has 0 spiro atoms. The molecule has 2 aromatic heterocycles. The highest BCUT2D eigenvalue weighted by molar-refractivity contribution is 7.17. The van der Waals surface area contributed by atoms with Crippen LogP contribution in [0.1, 0.15) is 54.6 Å². The predicted molar refractivity (Wildman–Crippen MR) is 112 cm³/mol. The molecule has 3 aromatic rings. The number of quaternary nitrogens is 1. The van der Waals surface area contributed by atoms with Crippen molar-refractivity contribution in [3.8, 4) is 5.88 Å². The summed E-state index contributed by atoms with van der Waals surface area (Å²) in [5.41, 5.74) is 7.97. The fourth-order valence-corrected chi connectivity index (χ4v) is 5.37. The molecule has 4 rings (SSSR count). The van der Waals surface area contributed by atoms with E-state index in [1.807, 2.05) is 6.92 Å². The fraction of sp³-hybridized carbons (Fsp3) is 0.476. The molecule has 8 heteroatoms. The summed E-state index contributed by atoms with van der Waals surface area (Å²) in [4.78, 5) is 19.1. The van der Waals surface area contributed by atoms with Gasteiger partial charge >= 0.3 is 0 Å². The molecule has 29 heavy (non-hydrogen) atoms. The third-order valence-corrected chi connectivity index (χ3v) is 7.07. The number of thiazole rings is 1. The number of nitrogens with zero attached hydrogens (tertiary/aromatic N) is 3. The van der Waals surface area contributed by atoms with Gasteiger partial charge in [-0.05, 0) is 12.0 Å². The molecule has 0 aliphatic carbocycles. The van der Waals surface area contributed by atoms with Gasteiger partial charge in [0.25, 0.3) is 0 Å². The molecular weight excluding hydrogens is 386 g/mol. The molecule has 0 bridgehead atoms. The fourth-order valence-electron chi connectivity index (χ4n) is 4.21. The van der Waals surface area contributed by atoms with Gasteiger partial charge in [-0.25, -0.2) is 4.98 Å². The van der Waals surface area contributed by atoms with Crippen molar-refractivity contribution < 1.29 is 14.8 Å². The third kappa shape index (κ3) is 3.74. The van der Waals surface area contributed by atoms with Gasteiger partial charge in [0.05, 0.1) is 13.1 Å². The summed E-state index contributed by atoms with van der Waals surface area (Å²) >= 11 is 1.50. The number of fused-ring (bicyclic) bond motifs is 1. The van der Waals surface area contributed by atoms with Crippen LogP contribution in [0, 0.1) is 5.92 Å². The molecule has 0 saturated carbocycles. The van der Waals surface area contributed by atoms with Gasteiger partial charge in [-0.3, -0.25) is 4.79 Å². The minimum Gasteiger partial charge on any atom is -0.492 e. The highest BCUT2D eigenvalue weighted by Crippen LogP contribution is 2.35. The van der Waals surface area contributed by atoms with Crippen molar-refractivity contribution >= 4 is 22.2 Å². The average molecular weight is 415 g/mol. The second-order valence-corrected chi connectivity index (χ2v) is 8.74. The lowest BCUT2D eigenvalue weighted by Crippen LogP contribution is -3.13. The zero-order valence-corrected chi connectivity index (χ0v) is 17.7. The molecule has 1 atom stereocenters. The second kappa shape index (κ2) is 8.12. The summed E-state index contributed by atoms with van der Waals surface area (Å²) in [6, 6.07) is 8.60. The lowest BCUT2D eigenvalue weighted by Gasteiger charge is -2.33. The maximum atomic E-state index is 11.6. The summed E-state index contributed by atoms with van der Waals surface area (Å²) in [5, 5.41) is 15.4. The Hall–Kier alpha value is -2.45. The van der Waals surface area contributed by atoms with Crippen molar-refractivity contribution in [2.45, 2.75) is 45.6 Å². The zero-order valence-electron chi connectivity index (χ0n) is 16.9. The molecule has 7 nitrogen and oxygen atoms in total. The Morgan fingerprint density at radius 2 is 1.97 bits per heavy atom. The van der Waals surface area contributed by atoms with E-state index >= 15 is 0 Å². The number of primary amides is 1. The van der Waals surface area contributed by atoms with Crippen molar-refractivity contribution in [1.82, 2.24) is 14.6 Å². The maximum Gasteiger partial charge on any atom is 0.235 e. The van der Waals surface area contributed by atoms with Gasteiger partial charge in [-0.1, -0.05) is 49.4 Å². The zero-order chi connectivity index (χ0) is 20.5. The number of aryl methyl sites for hydroxylation is 2. The number of nitrogens with two attached hydrogens (primary N) is 1. The average Bonchev–Trinajstić information content (AvgIpc) is 3.28. The third-order valence-electron chi connectivity index (χ3n) is 5.98. The van der Waals surface area contributed by atoms with Crippen molar-refractivity contribution in [1.29, 1.82) is 0 Å². The molecule has 1 aliphatic heterocycles. The number of likely N-dealkylation sites (tertiary alicyclic amines) is 1. The first kappa shape index (κ1) is 19.8. The molecule has 0 radical (unpaired) electrons. The minimum atomic E-state index is -0.207. The number of rotatable bonds is 6. The van der Waals surface area contributed by atoms with Crippen molar-refractivity contribution in [3.63, 3.8) is 0 Å². The molecular formula is C21H28N5O2S+. The van der Waals surface area contributed by atoms with Crippen LogP contribution in [0.15, 0.2) is 24.3 Å². The number of benzene rings is 1. The Morgan fingerprint density at radius 1 is 1.28 bits per heavy atom. The van der Waals surface area contributed by atoms with E-state index in [4.69, 9.17) is 5.73 Å². The van der Waals surface area contributed by atoms with E-state index in [0.29, 0.717) is 0 Å². The SMILES string of the molecule is CCc1ccc([C@@H](c2sc3nc(CC)nn3c2O)[NH+]2CCC(C(N)=O)CC2)cc1. The first-order valence-electron chi connectivity index (χ1n) is 10.3. The lowest BCUT2D eigenvalue weighted by atomic mass is 9.93. The van der Waals surface area contributed by atoms with Crippen LogP contribution in [0.4, 0.5) is 0 Å². The Labute approximate surface area is 174 Å². The highest BCUT2D eigenvalue weighted by Gasteiger charge is 2.36. The van der Waals surface area contributed by atoms with Gasteiger partial charge in [0.2, 0.25) is 16.7 Å². The Morgan fingerprint density at radius 3 is 2.52 bits per heavy atom. The van der Waals surface area contributed by atoms with Gasteiger partial charge in [-0.15, -0.1) is 5.10 Å². The van der Waals surface area contributed by atoms with Crippen LogP contribution in [0.3, 0.4) is 0 Å². The largest absolute Gasteiger partial charge is 0.492 e. The highest BCUT2D eigenvalue weighted by atomic mass is 32.1. The van der Waals surface area contributed by atoms with Crippen LogP contribution < -0.4 is 10.6 Å². The number of nitrogens with one attached hydrogen (secondary N) is 1. The number of aromatic nitrogens is 3. The van der Waals surface area contributed by atoms with Gasteiger partial charge < -0.3 is 15.7 Å². The molecule has 4 N–H and O–H groups in total. The quantitative estimate of drug-likeness (QED) is 0.569. The molecule has 1 saturated heterocycles. The van der Waals surface area contributed by atoms with Crippen molar-refractivity contribution in [3.05, 3.63) is 46.1 Å². The van der Waals surface area contributed by atoms with Crippen molar-refractivity contribution in [2.75, 3.05) is 13.1 Å². The van der Waals surface area contributed by atoms with Crippen molar-refractivity contribution in [2.24, 2.45) is 11.7 Å². The van der Waals surface area contributed by atoms with Gasteiger partial charge in [-0.2, -0.15) is 4.52 Å². The molecule has 1 aliphatic rings. The number of hydrogen-bond donors (Lipinski definition) is 3. The number of hydrogen-bond acceptors (Lipinski definition) is 5. The monoisotopic (exact) mass is 414 g/mol. The van der Waals surface area contributed by atoms with Crippen LogP contribution in [-0.2, 0) is 17.6 Å². The van der Waals surface area contributed by atoms with Crippen LogP contribution in [0.2, 0.25) is 0 Å². The lowest BCUT2D eigenvalue weighted by molar-refractivity contribution is -0.930. The predicted octanol–water partition coefficient (Wildman–Crippen LogP) is 1.49. The van der Waals surface area contributed by atoms with E-state index < -0.39 is 0 Å². The normalized spacial score (nSPS) is 20.8. The Kier molecular flexibility index (Phi) is 5.56. The molecule has 0 unspecified atom stereocenters. The number of amides is 1. The first-order chi connectivity index (χ1) is 14.0. The Balaban J connectivity index is 1.73. The Bertz CT molecular complexity index is 1000. The van der Waals surface area contributed by atoms with Crippen LogP contribution in [0.5, 0.6) is 5.88 Å². The van der Waals surface area contributed by atoms with E-state index in [1.165, 1.54) is 21.8 Å². The number of carbonyl (C=O) groups is 1. The van der Waals surface area contributed by atoms with E-state index in [1.54, 1.807) is 4.52 Å². The molecule has 3 heterocycles. The van der Waals surface area contributed by atoms with E-state index in [0.717, 1.165) is 60.0 Å². The van der Waals surface area contributed by atoms with E-state index in [2.05, 4.69) is 41.3 Å². The summed E-state index contributed by atoms with van der Waals surface area (Å²) in [7, 11) is 0. The summed E-state index contributed by atoms with van der Waals surface area (Å²) in [6.07, 6.45) is 3.27. The summed E-state index contributed by atoms with van der Waals surface area (Å²) in [5.74, 6) is 0.648. The smallest absolute Gasteiger partial charge is 0.235 e. The molecule has 1 fully saturated rings. The summed E-state index contributed by atoms with van der Waals surface area (Å²) < 4.78 is 1.56. The van der Waals surface area contributed by atoms with Gasteiger partial charge in [0, 0.05) is 30.7 Å². The van der Waals surface area contributed by atoms with Gasteiger partial charge in [0.15, 0.2) is 11.9 Å². The van der Waals surface area contributed by atoms with Crippen LogP contribution in [-0.4, -0.2) is 38.7 Å². The van der Waals surface area contributed by atoms with Gasteiger partial charge in [0.1, 0.15) is 4.88 Å². The first-order valence-corrected chi connectivity index (χ1v) is 11.1. The van der Waals surface area contributed by atoms with E-state index in [9.17, 15) is 9.90 Å². The molecule has 154 valence electrons. The number of aromatic hydroxyl groups is 1. The maximum absolute atomic E-state index is 11.6. The van der Waals surface area contributed by atoms with Crippen LogP contribution in [0.25, 0.3) is 4.96 Å². The molecule has 1 amide bonds. The summed E-state index contributed by atoms with van der Waals surface area (Å²) in [6.45, 7) is 5.81. The minimum absolute atomic E-state index is 0.0201. The van der Waals surface area contributed by atoms with E-state index in [-0.39, 0.29) is 23.7 Å².